The fraction of sp³-hybridized carbons (Fsp3) is 0.500. The Kier molecular flexibility index (Phi) is 1.99. The van der Waals surface area contributed by atoms with Crippen LogP contribution in [0.4, 0.5) is 5.69 Å². The van der Waals surface area contributed by atoms with Gasteiger partial charge in [-0.05, 0) is 0 Å². The molecule has 0 unspecified atom stereocenters. The molecule has 6 nitrogen and oxygen atoms in total. The standard InChI is InChI=1S/C6H10N4O2/c1-7-8-4-5(11)9(2)10(3)6(4)12/h11H,1-3H3. The lowest BCUT2D eigenvalue weighted by Crippen LogP contribution is -2.16. The van der Waals surface area contributed by atoms with Gasteiger partial charge in [-0.1, -0.05) is 0 Å². The smallest absolute Gasteiger partial charge is 0.298 e. The lowest BCUT2D eigenvalue weighted by molar-refractivity contribution is 0.398. The largest absolute Gasteiger partial charge is 0.492 e. The fourth-order valence-electron chi connectivity index (χ4n) is 0.868. The third-order valence-corrected chi connectivity index (χ3v) is 1.66. The van der Waals surface area contributed by atoms with Crippen molar-refractivity contribution in [2.45, 2.75) is 0 Å². The summed E-state index contributed by atoms with van der Waals surface area (Å²) in [6.07, 6.45) is 0. The highest BCUT2D eigenvalue weighted by Gasteiger charge is 2.13. The molecule has 0 aromatic carbocycles. The summed E-state index contributed by atoms with van der Waals surface area (Å²) in [6, 6.07) is 0. The molecule has 1 aromatic rings. The molecular weight excluding hydrogens is 160 g/mol. The average molecular weight is 170 g/mol. The van der Waals surface area contributed by atoms with Crippen LogP contribution in [0.25, 0.3) is 0 Å². The molecule has 0 spiro atoms. The average Bonchev–Trinajstić information content (AvgIpc) is 2.23. The zero-order valence-corrected chi connectivity index (χ0v) is 7.14. The van der Waals surface area contributed by atoms with Crippen molar-refractivity contribution in [3.63, 3.8) is 0 Å². The summed E-state index contributed by atoms with van der Waals surface area (Å²) in [4.78, 5) is 11.2. The third-order valence-electron chi connectivity index (χ3n) is 1.66. The molecule has 0 radical (unpaired) electrons. The lowest BCUT2D eigenvalue weighted by atomic mass is 10.5. The monoisotopic (exact) mass is 170 g/mol. The molecule has 12 heavy (non-hydrogen) atoms. The molecular formula is C6H10N4O2. The molecule has 66 valence electrons. The van der Waals surface area contributed by atoms with Crippen LogP contribution >= 0.6 is 0 Å². The number of hydrogen-bond acceptors (Lipinski definition) is 4. The van der Waals surface area contributed by atoms with Gasteiger partial charge < -0.3 is 5.11 Å². The van der Waals surface area contributed by atoms with Crippen molar-refractivity contribution in [3.05, 3.63) is 10.4 Å². The van der Waals surface area contributed by atoms with E-state index < -0.39 is 0 Å². The molecule has 1 heterocycles. The van der Waals surface area contributed by atoms with Crippen LogP contribution in [0.5, 0.6) is 5.88 Å². The minimum Gasteiger partial charge on any atom is -0.492 e. The van der Waals surface area contributed by atoms with Gasteiger partial charge in [-0.25, -0.2) is 4.68 Å². The molecule has 0 amide bonds. The fourth-order valence-corrected chi connectivity index (χ4v) is 0.868. The van der Waals surface area contributed by atoms with Crippen molar-refractivity contribution < 1.29 is 5.11 Å². The van der Waals surface area contributed by atoms with Crippen LogP contribution in [-0.4, -0.2) is 21.5 Å². The minimum absolute atomic E-state index is 0.0255. The highest BCUT2D eigenvalue weighted by atomic mass is 16.3. The Hall–Kier alpha value is -1.59. The first-order valence-corrected chi connectivity index (χ1v) is 3.34. The van der Waals surface area contributed by atoms with E-state index >= 15 is 0 Å². The Labute approximate surface area is 68.7 Å². The van der Waals surface area contributed by atoms with Gasteiger partial charge in [0.2, 0.25) is 11.6 Å². The van der Waals surface area contributed by atoms with Crippen molar-refractivity contribution in [1.29, 1.82) is 0 Å². The molecule has 0 fully saturated rings. The van der Waals surface area contributed by atoms with Gasteiger partial charge in [0.1, 0.15) is 0 Å². The van der Waals surface area contributed by atoms with Crippen molar-refractivity contribution in [3.8, 4) is 5.88 Å². The molecule has 0 atom stereocenters. The molecule has 1 N–H and O–H groups in total. The molecule has 0 saturated heterocycles. The van der Waals surface area contributed by atoms with E-state index in [2.05, 4.69) is 10.2 Å². The zero-order chi connectivity index (χ0) is 9.30. The van der Waals surface area contributed by atoms with Crippen LogP contribution < -0.4 is 5.56 Å². The molecule has 0 bridgehead atoms. The Balaban J connectivity index is 3.49. The number of nitrogens with zero attached hydrogens (tertiary/aromatic N) is 4. The highest BCUT2D eigenvalue weighted by Crippen LogP contribution is 2.20. The topological polar surface area (TPSA) is 71.9 Å². The molecule has 0 saturated carbocycles. The van der Waals surface area contributed by atoms with E-state index in [1.54, 1.807) is 7.05 Å². The molecule has 0 aliphatic heterocycles. The number of azo groups is 1. The van der Waals surface area contributed by atoms with Gasteiger partial charge in [0.25, 0.3) is 5.56 Å². The van der Waals surface area contributed by atoms with E-state index in [9.17, 15) is 9.90 Å². The van der Waals surface area contributed by atoms with Crippen LogP contribution in [0.2, 0.25) is 0 Å². The summed E-state index contributed by atoms with van der Waals surface area (Å²) in [5, 5.41) is 16.2. The number of rotatable bonds is 1. The molecule has 1 aromatic heterocycles. The van der Waals surface area contributed by atoms with Gasteiger partial charge in [0, 0.05) is 21.1 Å². The van der Waals surface area contributed by atoms with E-state index in [0.717, 1.165) is 0 Å². The maximum atomic E-state index is 11.2. The third kappa shape index (κ3) is 1.01. The van der Waals surface area contributed by atoms with Crippen LogP contribution in [0.1, 0.15) is 0 Å². The SMILES string of the molecule is CN=Nc1c(O)n(C)n(C)c1=O. The Bertz CT molecular complexity index is 374. The Morgan fingerprint density at radius 3 is 2.25 bits per heavy atom. The highest BCUT2D eigenvalue weighted by molar-refractivity contribution is 5.44. The molecule has 0 aliphatic rings. The van der Waals surface area contributed by atoms with Crippen LogP contribution in [-0.2, 0) is 14.1 Å². The molecule has 6 heteroatoms. The Morgan fingerprint density at radius 2 is 1.92 bits per heavy atom. The van der Waals surface area contributed by atoms with E-state index in [4.69, 9.17) is 0 Å². The first-order valence-electron chi connectivity index (χ1n) is 3.34. The summed E-state index contributed by atoms with van der Waals surface area (Å²) >= 11 is 0. The summed E-state index contributed by atoms with van der Waals surface area (Å²) in [7, 11) is 4.54. The summed E-state index contributed by atoms with van der Waals surface area (Å²) in [5.41, 5.74) is -0.386. The van der Waals surface area contributed by atoms with Crippen molar-refractivity contribution >= 4 is 5.69 Å². The predicted molar refractivity (Wildman–Crippen MR) is 42.8 cm³/mol. The summed E-state index contributed by atoms with van der Waals surface area (Å²) in [6.45, 7) is 0. The first kappa shape index (κ1) is 8.51. The number of aromatic nitrogens is 2. The molecule has 0 aliphatic carbocycles. The van der Waals surface area contributed by atoms with Gasteiger partial charge in [0.15, 0.2) is 0 Å². The van der Waals surface area contributed by atoms with E-state index in [-0.39, 0.29) is 17.1 Å². The van der Waals surface area contributed by atoms with E-state index in [0.29, 0.717) is 0 Å². The second-order valence-corrected chi connectivity index (χ2v) is 2.32. The first-order chi connectivity index (χ1) is 5.59. The van der Waals surface area contributed by atoms with Gasteiger partial charge in [-0.2, -0.15) is 5.11 Å². The van der Waals surface area contributed by atoms with E-state index in [1.807, 2.05) is 0 Å². The van der Waals surface area contributed by atoms with Crippen molar-refractivity contribution in [2.75, 3.05) is 7.05 Å². The maximum Gasteiger partial charge on any atom is 0.298 e. The summed E-state index contributed by atoms with van der Waals surface area (Å²) in [5.74, 6) is -0.173. The van der Waals surface area contributed by atoms with Crippen LogP contribution in [0.3, 0.4) is 0 Å². The second kappa shape index (κ2) is 2.80. The minimum atomic E-state index is -0.361. The number of hydrogen-bond donors (Lipinski definition) is 1. The van der Waals surface area contributed by atoms with Gasteiger partial charge in [0.05, 0.1) is 0 Å². The lowest BCUT2D eigenvalue weighted by Gasteiger charge is -1.97. The summed E-state index contributed by atoms with van der Waals surface area (Å²) < 4.78 is 2.55. The maximum absolute atomic E-state index is 11.2. The van der Waals surface area contributed by atoms with Crippen molar-refractivity contribution in [1.82, 2.24) is 9.36 Å². The molecule has 1 rings (SSSR count). The van der Waals surface area contributed by atoms with Gasteiger partial charge in [-0.15, -0.1) is 5.11 Å². The predicted octanol–water partition coefficient (Wildman–Crippen LogP) is 0.143. The zero-order valence-electron chi connectivity index (χ0n) is 7.14. The number of aromatic hydroxyl groups is 1. The second-order valence-electron chi connectivity index (χ2n) is 2.32. The van der Waals surface area contributed by atoms with Crippen molar-refractivity contribution in [2.24, 2.45) is 24.3 Å². The van der Waals surface area contributed by atoms with Gasteiger partial charge >= 0.3 is 0 Å². The van der Waals surface area contributed by atoms with Crippen LogP contribution in [0, 0.1) is 0 Å². The van der Waals surface area contributed by atoms with E-state index in [1.165, 1.54) is 23.5 Å². The van der Waals surface area contributed by atoms with Crippen LogP contribution in [0.15, 0.2) is 15.0 Å². The quantitative estimate of drug-likeness (QED) is 0.609. The Morgan fingerprint density at radius 1 is 1.33 bits per heavy atom. The van der Waals surface area contributed by atoms with Gasteiger partial charge in [-0.3, -0.25) is 9.48 Å². The normalized spacial score (nSPS) is 11.2.